The van der Waals surface area contributed by atoms with Crippen LogP contribution in [0, 0.1) is 0 Å². The Morgan fingerprint density at radius 1 is 1.33 bits per heavy atom. The van der Waals surface area contributed by atoms with Crippen molar-refractivity contribution in [3.8, 4) is 0 Å². The predicted octanol–water partition coefficient (Wildman–Crippen LogP) is 3.12. The van der Waals surface area contributed by atoms with Crippen molar-refractivity contribution in [3.63, 3.8) is 0 Å². The zero-order chi connectivity index (χ0) is 13.0. The molecule has 0 spiro atoms. The lowest BCUT2D eigenvalue weighted by atomic mass is 9.74. The van der Waals surface area contributed by atoms with Crippen LogP contribution in [0.4, 0.5) is 0 Å². The third-order valence-corrected chi connectivity index (χ3v) is 4.26. The summed E-state index contributed by atoms with van der Waals surface area (Å²) in [6, 6.07) is 9.46. The summed E-state index contributed by atoms with van der Waals surface area (Å²) in [5, 5.41) is 3.46. The van der Waals surface area contributed by atoms with Crippen molar-refractivity contribution >= 4 is 0 Å². The van der Waals surface area contributed by atoms with Crippen LogP contribution < -0.4 is 5.32 Å². The van der Waals surface area contributed by atoms with Crippen LogP contribution in [-0.2, 0) is 11.2 Å². The van der Waals surface area contributed by atoms with E-state index in [0.717, 1.165) is 12.3 Å². The molecule has 3 unspecified atom stereocenters. The molecule has 1 aromatic rings. The predicted molar refractivity (Wildman–Crippen MR) is 76.1 cm³/mol. The van der Waals surface area contributed by atoms with Gasteiger partial charge in [0.15, 0.2) is 0 Å². The standard InChI is InChI=1S/C16H25NO/c1-12(18-3)8-9-15(17-2)11-14-10-13-6-4-5-7-16(13)14/h4-7,12,14-15,17H,8-11H2,1-3H3. The minimum atomic E-state index is 0.370. The molecule has 0 aliphatic heterocycles. The second-order valence-electron chi connectivity index (χ2n) is 5.44. The molecule has 18 heavy (non-hydrogen) atoms. The van der Waals surface area contributed by atoms with E-state index in [9.17, 15) is 0 Å². The van der Waals surface area contributed by atoms with Gasteiger partial charge in [-0.05, 0) is 56.7 Å². The summed E-state index contributed by atoms with van der Waals surface area (Å²) in [6.07, 6.45) is 5.22. The maximum atomic E-state index is 5.32. The summed E-state index contributed by atoms with van der Waals surface area (Å²) in [6.45, 7) is 2.14. The Hall–Kier alpha value is -0.860. The van der Waals surface area contributed by atoms with E-state index in [4.69, 9.17) is 4.74 Å². The number of hydrogen-bond acceptors (Lipinski definition) is 2. The summed E-state index contributed by atoms with van der Waals surface area (Å²) in [5.41, 5.74) is 3.11. The largest absolute Gasteiger partial charge is 0.382 e. The topological polar surface area (TPSA) is 21.3 Å². The van der Waals surface area contributed by atoms with Gasteiger partial charge in [-0.3, -0.25) is 0 Å². The molecule has 2 nitrogen and oxygen atoms in total. The number of benzene rings is 1. The summed E-state index contributed by atoms with van der Waals surface area (Å²) in [7, 11) is 3.87. The van der Waals surface area contributed by atoms with Gasteiger partial charge in [0.1, 0.15) is 0 Å². The molecular weight excluding hydrogens is 222 g/mol. The molecule has 1 N–H and O–H groups in total. The average Bonchev–Trinajstić information content (AvgIpc) is 2.39. The summed E-state index contributed by atoms with van der Waals surface area (Å²) < 4.78 is 5.32. The highest BCUT2D eigenvalue weighted by Crippen LogP contribution is 2.38. The van der Waals surface area contributed by atoms with E-state index in [0.29, 0.717) is 12.1 Å². The smallest absolute Gasteiger partial charge is 0.0543 e. The molecular formula is C16H25NO. The highest BCUT2D eigenvalue weighted by Gasteiger charge is 2.27. The Morgan fingerprint density at radius 2 is 2.11 bits per heavy atom. The van der Waals surface area contributed by atoms with E-state index < -0.39 is 0 Å². The van der Waals surface area contributed by atoms with Crippen LogP contribution in [0.2, 0.25) is 0 Å². The van der Waals surface area contributed by atoms with E-state index in [2.05, 4.69) is 43.6 Å². The first kappa shape index (κ1) is 13.6. The number of methoxy groups -OCH3 is 1. The average molecular weight is 247 g/mol. The van der Waals surface area contributed by atoms with E-state index in [1.54, 1.807) is 18.2 Å². The van der Waals surface area contributed by atoms with E-state index in [1.165, 1.54) is 19.3 Å². The fraction of sp³-hybridized carbons (Fsp3) is 0.625. The molecule has 0 bridgehead atoms. The van der Waals surface area contributed by atoms with Crippen molar-refractivity contribution in [1.29, 1.82) is 0 Å². The van der Waals surface area contributed by atoms with E-state index >= 15 is 0 Å². The molecule has 1 aliphatic rings. The van der Waals surface area contributed by atoms with Crippen LogP contribution in [-0.4, -0.2) is 26.3 Å². The van der Waals surface area contributed by atoms with Crippen molar-refractivity contribution in [1.82, 2.24) is 5.32 Å². The summed E-state index contributed by atoms with van der Waals surface area (Å²) in [4.78, 5) is 0. The Morgan fingerprint density at radius 3 is 2.78 bits per heavy atom. The Kier molecular flexibility index (Phi) is 4.79. The Balaban J connectivity index is 1.82. The fourth-order valence-corrected chi connectivity index (χ4v) is 2.85. The monoisotopic (exact) mass is 247 g/mol. The minimum Gasteiger partial charge on any atom is -0.382 e. The molecule has 0 heterocycles. The highest BCUT2D eigenvalue weighted by atomic mass is 16.5. The van der Waals surface area contributed by atoms with Gasteiger partial charge >= 0.3 is 0 Å². The zero-order valence-corrected chi connectivity index (χ0v) is 11.8. The van der Waals surface area contributed by atoms with Gasteiger partial charge in [0.25, 0.3) is 0 Å². The number of rotatable bonds is 7. The number of nitrogens with one attached hydrogen (secondary N) is 1. The SMILES string of the molecule is CNC(CCC(C)OC)CC1Cc2ccccc21. The molecule has 0 saturated heterocycles. The van der Waals surface area contributed by atoms with Gasteiger partial charge in [0.2, 0.25) is 0 Å². The maximum Gasteiger partial charge on any atom is 0.0543 e. The van der Waals surface area contributed by atoms with Crippen molar-refractivity contribution in [2.24, 2.45) is 0 Å². The van der Waals surface area contributed by atoms with Crippen molar-refractivity contribution in [2.75, 3.05) is 14.2 Å². The summed E-state index contributed by atoms with van der Waals surface area (Å²) in [5.74, 6) is 0.761. The van der Waals surface area contributed by atoms with Gasteiger partial charge < -0.3 is 10.1 Å². The number of fused-ring (bicyclic) bond motifs is 1. The van der Waals surface area contributed by atoms with Crippen LogP contribution in [0.3, 0.4) is 0 Å². The third kappa shape index (κ3) is 3.12. The van der Waals surface area contributed by atoms with Crippen LogP contribution in [0.15, 0.2) is 24.3 Å². The molecule has 0 saturated carbocycles. The lowest BCUT2D eigenvalue weighted by Crippen LogP contribution is -2.31. The van der Waals surface area contributed by atoms with Gasteiger partial charge in [-0.2, -0.15) is 0 Å². The van der Waals surface area contributed by atoms with Crippen molar-refractivity contribution in [2.45, 2.75) is 50.7 Å². The van der Waals surface area contributed by atoms with Gasteiger partial charge in [-0.25, -0.2) is 0 Å². The van der Waals surface area contributed by atoms with Gasteiger partial charge in [-0.1, -0.05) is 24.3 Å². The van der Waals surface area contributed by atoms with E-state index in [1.807, 2.05) is 0 Å². The minimum absolute atomic E-state index is 0.370. The molecule has 0 radical (unpaired) electrons. The van der Waals surface area contributed by atoms with E-state index in [-0.39, 0.29) is 0 Å². The first-order chi connectivity index (χ1) is 8.74. The Bertz CT molecular complexity index is 377. The first-order valence-corrected chi connectivity index (χ1v) is 7.02. The molecule has 1 aromatic carbocycles. The third-order valence-electron chi connectivity index (χ3n) is 4.26. The highest BCUT2D eigenvalue weighted by molar-refractivity contribution is 5.39. The molecule has 3 atom stereocenters. The summed E-state index contributed by atoms with van der Waals surface area (Å²) >= 11 is 0. The molecule has 0 fully saturated rings. The van der Waals surface area contributed by atoms with Crippen LogP contribution in [0.1, 0.15) is 43.2 Å². The molecule has 100 valence electrons. The maximum absolute atomic E-state index is 5.32. The molecule has 0 amide bonds. The second-order valence-corrected chi connectivity index (χ2v) is 5.44. The van der Waals surface area contributed by atoms with Gasteiger partial charge in [0.05, 0.1) is 6.10 Å². The van der Waals surface area contributed by atoms with Gasteiger partial charge in [-0.15, -0.1) is 0 Å². The fourth-order valence-electron chi connectivity index (χ4n) is 2.85. The van der Waals surface area contributed by atoms with Gasteiger partial charge in [0, 0.05) is 13.2 Å². The molecule has 1 aliphatic carbocycles. The molecule has 0 aromatic heterocycles. The Labute approximate surface area is 111 Å². The van der Waals surface area contributed by atoms with Crippen LogP contribution >= 0.6 is 0 Å². The van der Waals surface area contributed by atoms with Crippen molar-refractivity contribution < 1.29 is 4.74 Å². The lowest BCUT2D eigenvalue weighted by molar-refractivity contribution is 0.105. The van der Waals surface area contributed by atoms with Crippen LogP contribution in [0.5, 0.6) is 0 Å². The first-order valence-electron chi connectivity index (χ1n) is 7.02. The number of ether oxygens (including phenoxy) is 1. The van der Waals surface area contributed by atoms with Crippen LogP contribution in [0.25, 0.3) is 0 Å². The quantitative estimate of drug-likeness (QED) is 0.799. The zero-order valence-electron chi connectivity index (χ0n) is 11.8. The second kappa shape index (κ2) is 6.35. The van der Waals surface area contributed by atoms with Crippen molar-refractivity contribution in [3.05, 3.63) is 35.4 Å². The molecule has 2 rings (SSSR count). The molecule has 2 heteroatoms. The number of hydrogen-bond donors (Lipinski definition) is 1. The normalized spacial score (nSPS) is 20.9. The lowest BCUT2D eigenvalue weighted by Gasteiger charge is -2.33.